The van der Waals surface area contributed by atoms with E-state index in [1.165, 1.54) is 6.92 Å². The maximum atomic E-state index is 11.7. The highest BCUT2D eigenvalue weighted by molar-refractivity contribution is 5.95. The van der Waals surface area contributed by atoms with Crippen molar-refractivity contribution in [2.24, 2.45) is 0 Å². The maximum Gasteiger partial charge on any atom is 0.340 e. The Labute approximate surface area is 112 Å². The van der Waals surface area contributed by atoms with Crippen LogP contribution in [-0.4, -0.2) is 25.0 Å². The molecule has 0 aliphatic heterocycles. The van der Waals surface area contributed by atoms with Gasteiger partial charge in [-0.15, -0.1) is 0 Å². The van der Waals surface area contributed by atoms with E-state index in [9.17, 15) is 9.59 Å². The molecule has 0 unspecified atom stereocenters. The van der Waals surface area contributed by atoms with Crippen molar-refractivity contribution in [2.75, 3.05) is 18.9 Å². The van der Waals surface area contributed by atoms with E-state index in [0.717, 1.165) is 5.56 Å². The largest absolute Gasteiger partial charge is 0.462 e. The summed E-state index contributed by atoms with van der Waals surface area (Å²) in [4.78, 5) is 22.3. The van der Waals surface area contributed by atoms with Crippen molar-refractivity contribution < 1.29 is 14.3 Å². The molecule has 0 aromatic heterocycles. The highest BCUT2D eigenvalue weighted by Crippen LogP contribution is 2.16. The second-order valence-electron chi connectivity index (χ2n) is 3.91. The summed E-state index contributed by atoms with van der Waals surface area (Å²) in [5.41, 5.74) is 7.29. The molecule has 0 fully saturated rings. The second-order valence-corrected chi connectivity index (χ2v) is 3.91. The molecule has 1 aromatic rings. The minimum atomic E-state index is -0.433. The molecule has 0 aliphatic rings. The summed E-state index contributed by atoms with van der Waals surface area (Å²) in [5, 5.41) is 2.64. The lowest BCUT2D eigenvalue weighted by Crippen LogP contribution is -2.19. The van der Waals surface area contributed by atoms with Gasteiger partial charge < -0.3 is 15.8 Å². The number of anilines is 1. The molecular weight excluding hydrogens is 244 g/mol. The molecule has 0 radical (unpaired) electrons. The number of hydrogen-bond acceptors (Lipinski definition) is 4. The van der Waals surface area contributed by atoms with Crippen LogP contribution in [0.5, 0.6) is 0 Å². The van der Waals surface area contributed by atoms with E-state index in [1.54, 1.807) is 37.3 Å². The molecule has 1 aromatic carbocycles. The molecule has 1 amide bonds. The van der Waals surface area contributed by atoms with Crippen molar-refractivity contribution in [3.8, 4) is 0 Å². The molecule has 0 atom stereocenters. The fourth-order valence-electron chi connectivity index (χ4n) is 1.46. The first-order valence-electron chi connectivity index (χ1n) is 6.02. The molecule has 0 spiro atoms. The molecule has 19 heavy (non-hydrogen) atoms. The van der Waals surface area contributed by atoms with Crippen molar-refractivity contribution >= 4 is 23.6 Å². The maximum absolute atomic E-state index is 11.7. The first-order valence-corrected chi connectivity index (χ1v) is 6.02. The number of ether oxygens (including phenoxy) is 1. The summed E-state index contributed by atoms with van der Waals surface area (Å²) < 4.78 is 4.92. The summed E-state index contributed by atoms with van der Waals surface area (Å²) in [6.07, 6.45) is 3.60. The molecule has 5 heteroatoms. The number of carbonyl (C=O) groups is 2. The van der Waals surface area contributed by atoms with Crippen LogP contribution in [0.2, 0.25) is 0 Å². The Balaban J connectivity index is 2.78. The van der Waals surface area contributed by atoms with E-state index in [2.05, 4.69) is 5.32 Å². The SMILES string of the molecule is CCOC(=O)c1cc(C=CCNC(C)=O)ccc1N. The van der Waals surface area contributed by atoms with Crippen LogP contribution in [0.4, 0.5) is 5.69 Å². The number of hydrogen-bond donors (Lipinski definition) is 2. The fraction of sp³-hybridized carbons (Fsp3) is 0.286. The zero-order valence-corrected chi connectivity index (χ0v) is 11.1. The van der Waals surface area contributed by atoms with Crippen LogP contribution < -0.4 is 11.1 Å². The van der Waals surface area contributed by atoms with Crippen LogP contribution in [0.25, 0.3) is 6.08 Å². The molecule has 0 aliphatic carbocycles. The van der Waals surface area contributed by atoms with E-state index >= 15 is 0 Å². The Morgan fingerprint density at radius 3 is 2.79 bits per heavy atom. The number of rotatable bonds is 5. The van der Waals surface area contributed by atoms with Gasteiger partial charge in [0, 0.05) is 19.2 Å². The lowest BCUT2D eigenvalue weighted by molar-refractivity contribution is -0.118. The van der Waals surface area contributed by atoms with Gasteiger partial charge in [-0.25, -0.2) is 4.79 Å². The van der Waals surface area contributed by atoms with Crippen LogP contribution in [0, 0.1) is 0 Å². The Hall–Kier alpha value is -2.30. The van der Waals surface area contributed by atoms with Crippen molar-refractivity contribution in [1.29, 1.82) is 0 Å². The molecule has 5 nitrogen and oxygen atoms in total. The van der Waals surface area contributed by atoms with Crippen molar-refractivity contribution in [3.63, 3.8) is 0 Å². The summed E-state index contributed by atoms with van der Waals surface area (Å²) in [6.45, 7) is 3.94. The van der Waals surface area contributed by atoms with Gasteiger partial charge >= 0.3 is 5.97 Å². The minimum Gasteiger partial charge on any atom is -0.462 e. The second kappa shape index (κ2) is 7.20. The van der Waals surface area contributed by atoms with Crippen molar-refractivity contribution in [1.82, 2.24) is 5.32 Å². The van der Waals surface area contributed by atoms with E-state index in [-0.39, 0.29) is 5.91 Å². The Kier molecular flexibility index (Phi) is 5.60. The van der Waals surface area contributed by atoms with Crippen molar-refractivity contribution in [2.45, 2.75) is 13.8 Å². The van der Waals surface area contributed by atoms with Gasteiger partial charge in [0.2, 0.25) is 5.91 Å². The molecule has 0 saturated heterocycles. The van der Waals surface area contributed by atoms with Gasteiger partial charge in [0.15, 0.2) is 0 Å². The van der Waals surface area contributed by atoms with Crippen LogP contribution in [0.3, 0.4) is 0 Å². The van der Waals surface area contributed by atoms with Gasteiger partial charge in [0.1, 0.15) is 0 Å². The Bertz CT molecular complexity index is 495. The van der Waals surface area contributed by atoms with Crippen LogP contribution in [-0.2, 0) is 9.53 Å². The lowest BCUT2D eigenvalue weighted by atomic mass is 10.1. The molecule has 0 bridgehead atoms. The monoisotopic (exact) mass is 262 g/mol. The fourth-order valence-corrected chi connectivity index (χ4v) is 1.46. The highest BCUT2D eigenvalue weighted by atomic mass is 16.5. The highest BCUT2D eigenvalue weighted by Gasteiger charge is 2.10. The van der Waals surface area contributed by atoms with E-state index in [1.807, 2.05) is 0 Å². The molecule has 3 N–H and O–H groups in total. The van der Waals surface area contributed by atoms with Gasteiger partial charge in [-0.05, 0) is 24.6 Å². The first-order chi connectivity index (χ1) is 9.04. The standard InChI is InChI=1S/C14H18N2O3/c1-3-19-14(18)12-9-11(6-7-13(12)15)5-4-8-16-10(2)17/h4-7,9H,3,8,15H2,1-2H3,(H,16,17). The quantitative estimate of drug-likeness (QED) is 0.623. The zero-order valence-electron chi connectivity index (χ0n) is 11.1. The third-order valence-corrected chi connectivity index (χ3v) is 2.35. The van der Waals surface area contributed by atoms with Gasteiger partial charge in [0.25, 0.3) is 0 Å². The lowest BCUT2D eigenvalue weighted by Gasteiger charge is -2.06. The molecule has 1 rings (SSSR count). The van der Waals surface area contributed by atoms with E-state index < -0.39 is 5.97 Å². The molecular formula is C14H18N2O3. The number of carbonyl (C=O) groups excluding carboxylic acids is 2. The number of benzene rings is 1. The average Bonchev–Trinajstić information content (AvgIpc) is 2.36. The van der Waals surface area contributed by atoms with Gasteiger partial charge in [0.05, 0.1) is 12.2 Å². The molecule has 102 valence electrons. The number of esters is 1. The Morgan fingerprint density at radius 2 is 2.16 bits per heavy atom. The third-order valence-electron chi connectivity index (χ3n) is 2.35. The van der Waals surface area contributed by atoms with Gasteiger partial charge in [-0.3, -0.25) is 4.79 Å². The predicted molar refractivity (Wildman–Crippen MR) is 74.5 cm³/mol. The third kappa shape index (κ3) is 4.83. The van der Waals surface area contributed by atoms with Gasteiger partial charge in [-0.2, -0.15) is 0 Å². The first kappa shape index (κ1) is 14.8. The summed E-state index contributed by atoms with van der Waals surface area (Å²) in [5.74, 6) is -0.522. The summed E-state index contributed by atoms with van der Waals surface area (Å²) >= 11 is 0. The van der Waals surface area contributed by atoms with Gasteiger partial charge in [-0.1, -0.05) is 18.2 Å². The molecule has 0 heterocycles. The summed E-state index contributed by atoms with van der Waals surface area (Å²) in [6, 6.07) is 5.12. The van der Waals surface area contributed by atoms with E-state index in [0.29, 0.717) is 24.4 Å². The average molecular weight is 262 g/mol. The topological polar surface area (TPSA) is 81.4 Å². The minimum absolute atomic E-state index is 0.0887. The smallest absolute Gasteiger partial charge is 0.340 e. The number of nitrogens with one attached hydrogen (secondary N) is 1. The van der Waals surface area contributed by atoms with E-state index in [4.69, 9.17) is 10.5 Å². The predicted octanol–water partition coefficient (Wildman–Crippen LogP) is 1.59. The number of nitrogens with two attached hydrogens (primary N) is 1. The summed E-state index contributed by atoms with van der Waals surface area (Å²) in [7, 11) is 0. The Morgan fingerprint density at radius 1 is 1.42 bits per heavy atom. The van der Waals surface area contributed by atoms with Crippen molar-refractivity contribution in [3.05, 3.63) is 35.4 Å². The van der Waals surface area contributed by atoms with Crippen LogP contribution in [0.15, 0.2) is 24.3 Å². The van der Waals surface area contributed by atoms with Crippen LogP contribution in [0.1, 0.15) is 29.8 Å². The normalized spacial score (nSPS) is 10.4. The molecule has 0 saturated carbocycles. The zero-order chi connectivity index (χ0) is 14.3. The number of nitrogen functional groups attached to an aromatic ring is 1. The number of amides is 1. The van der Waals surface area contributed by atoms with Crippen LogP contribution >= 0.6 is 0 Å².